The number of carbonyl (C=O) groups excluding carboxylic acids is 1. The fourth-order valence-corrected chi connectivity index (χ4v) is 5.13. The number of rotatable bonds is 7. The van der Waals surface area contributed by atoms with Crippen LogP contribution in [-0.2, 0) is 25.7 Å². The van der Waals surface area contributed by atoms with Gasteiger partial charge >= 0.3 is 12.3 Å². The lowest BCUT2D eigenvalue weighted by molar-refractivity contribution is -0.137. The Bertz CT molecular complexity index is 1240. The number of fused-ring (bicyclic) bond motifs is 1. The van der Waals surface area contributed by atoms with Gasteiger partial charge in [-0.15, -0.1) is 0 Å². The smallest absolute Gasteiger partial charge is 0.410 e. The average molecular weight is 518 g/mol. The summed E-state index contributed by atoms with van der Waals surface area (Å²) in [5, 5.41) is 9.93. The predicted octanol–water partition coefficient (Wildman–Crippen LogP) is 5.13. The lowest BCUT2D eigenvalue weighted by Gasteiger charge is -2.37. The summed E-state index contributed by atoms with van der Waals surface area (Å²) in [6.07, 6.45) is -0.224. The third-order valence-electron chi connectivity index (χ3n) is 7.18. The maximum absolute atomic E-state index is 14.0. The van der Waals surface area contributed by atoms with Crippen molar-refractivity contribution in [1.82, 2.24) is 25.4 Å². The molecule has 2 aromatic heterocycles. The summed E-state index contributed by atoms with van der Waals surface area (Å²) in [7, 11) is 0. The number of pyridine rings is 1. The van der Waals surface area contributed by atoms with Crippen LogP contribution in [0.1, 0.15) is 35.2 Å². The molecule has 0 aliphatic carbocycles. The van der Waals surface area contributed by atoms with Gasteiger partial charge in [-0.1, -0.05) is 0 Å². The second-order valence-electron chi connectivity index (χ2n) is 9.61. The number of benzene rings is 1. The van der Waals surface area contributed by atoms with Crippen molar-refractivity contribution in [2.45, 2.75) is 38.5 Å². The number of nitrogens with zero attached hydrogens (tertiary/aromatic N) is 3. The van der Waals surface area contributed by atoms with Crippen molar-refractivity contribution in [3.63, 3.8) is 0 Å². The molecule has 1 aromatic carbocycles. The minimum absolute atomic E-state index is 0.144. The van der Waals surface area contributed by atoms with Crippen molar-refractivity contribution in [3.05, 3.63) is 65.1 Å². The number of carbonyl (C=O) groups is 1. The molecular weight excluding hydrogens is 490 g/mol. The van der Waals surface area contributed by atoms with Crippen molar-refractivity contribution < 1.29 is 27.1 Å². The number of nitrogens with one attached hydrogen (secondary N) is 2. The highest BCUT2D eigenvalue weighted by atomic mass is 19.4. The highest BCUT2D eigenvalue weighted by molar-refractivity contribution is 5.74. The van der Waals surface area contributed by atoms with E-state index in [1.807, 2.05) is 12.1 Å². The van der Waals surface area contributed by atoms with Crippen molar-refractivity contribution >= 4 is 6.09 Å². The molecule has 0 saturated carbocycles. The number of hydrogen-bond donors (Lipinski definition) is 2. The van der Waals surface area contributed by atoms with Crippen LogP contribution in [0, 0.1) is 11.8 Å². The van der Waals surface area contributed by atoms with E-state index in [4.69, 9.17) is 4.74 Å². The Hall–Kier alpha value is -3.47. The van der Waals surface area contributed by atoms with E-state index in [2.05, 4.69) is 25.4 Å². The molecule has 196 valence electrons. The molecule has 1 amide bonds. The van der Waals surface area contributed by atoms with Gasteiger partial charge in [0.25, 0.3) is 0 Å². The maximum atomic E-state index is 14.0. The van der Waals surface area contributed by atoms with Crippen LogP contribution in [0.15, 0.2) is 42.7 Å². The van der Waals surface area contributed by atoms with Gasteiger partial charge in [-0.2, -0.15) is 18.3 Å². The van der Waals surface area contributed by atoms with Gasteiger partial charge in [0.15, 0.2) is 0 Å². The second-order valence-corrected chi connectivity index (χ2v) is 9.61. The molecule has 0 radical (unpaired) electrons. The summed E-state index contributed by atoms with van der Waals surface area (Å²) in [4.78, 5) is 17.6. The highest BCUT2D eigenvalue weighted by Gasteiger charge is 2.32. The first-order valence-electron chi connectivity index (χ1n) is 12.2. The number of aromatic nitrogens is 3. The van der Waals surface area contributed by atoms with Crippen LogP contribution >= 0.6 is 0 Å². The van der Waals surface area contributed by atoms with Crippen LogP contribution in [-0.4, -0.2) is 45.9 Å². The zero-order valence-electron chi connectivity index (χ0n) is 20.0. The molecule has 37 heavy (non-hydrogen) atoms. The molecule has 1 fully saturated rings. The van der Waals surface area contributed by atoms with Gasteiger partial charge in [-0.25, -0.2) is 4.79 Å². The van der Waals surface area contributed by atoms with E-state index in [9.17, 15) is 22.4 Å². The number of piperidine rings is 1. The highest BCUT2D eigenvalue weighted by Crippen LogP contribution is 2.33. The number of likely N-dealkylation sites (tertiary alicyclic amines) is 1. The van der Waals surface area contributed by atoms with Crippen molar-refractivity contribution in [1.29, 1.82) is 0 Å². The van der Waals surface area contributed by atoms with Crippen molar-refractivity contribution in [2.24, 2.45) is 11.8 Å². The lowest BCUT2D eigenvalue weighted by atomic mass is 9.82. The third kappa shape index (κ3) is 5.76. The zero-order chi connectivity index (χ0) is 26.0. The number of alkyl halides is 4. The zero-order valence-corrected chi connectivity index (χ0v) is 20.0. The van der Waals surface area contributed by atoms with Crippen LogP contribution in [0.3, 0.4) is 0 Å². The largest absolute Gasteiger partial charge is 0.417 e. The summed E-state index contributed by atoms with van der Waals surface area (Å²) >= 11 is 0. The Labute approximate surface area is 211 Å². The lowest BCUT2D eigenvalue weighted by Crippen LogP contribution is -2.41. The van der Waals surface area contributed by atoms with E-state index in [1.54, 1.807) is 12.3 Å². The average Bonchev–Trinajstić information content (AvgIpc) is 3.35. The first-order valence-corrected chi connectivity index (χ1v) is 12.2. The Kier molecular flexibility index (Phi) is 7.14. The molecule has 0 spiro atoms. The predicted molar refractivity (Wildman–Crippen MR) is 127 cm³/mol. The Morgan fingerprint density at radius 3 is 2.76 bits per heavy atom. The number of ether oxygens (including phenoxy) is 1. The van der Waals surface area contributed by atoms with Gasteiger partial charge in [0.2, 0.25) is 0 Å². The molecule has 2 N–H and O–H groups in total. The molecule has 1 unspecified atom stereocenters. The van der Waals surface area contributed by atoms with Crippen LogP contribution in [0.25, 0.3) is 11.3 Å². The minimum atomic E-state index is -4.40. The normalized spacial score (nSPS) is 20.3. The molecule has 2 aliphatic rings. The fraction of sp³-hybridized carbons (Fsp3) is 0.423. The van der Waals surface area contributed by atoms with Crippen LogP contribution in [0.2, 0.25) is 0 Å². The molecule has 7 nitrogen and oxygen atoms in total. The SMILES string of the molecule is O=C1NCc2cc(-c3[nH]ncc3CN3CCC(CCc4ccc(C(F)(F)F)cn4)[C@H](CF)C3)ccc2O1. The number of H-pyrrole nitrogens is 1. The van der Waals surface area contributed by atoms with Crippen molar-refractivity contribution in [2.75, 3.05) is 19.8 Å². The van der Waals surface area contributed by atoms with Gasteiger partial charge in [-0.05, 0) is 62.1 Å². The Balaban J connectivity index is 1.19. The fourth-order valence-electron chi connectivity index (χ4n) is 5.13. The number of hydrogen-bond acceptors (Lipinski definition) is 5. The van der Waals surface area contributed by atoms with E-state index in [0.717, 1.165) is 47.6 Å². The summed E-state index contributed by atoms with van der Waals surface area (Å²) in [5.41, 5.74) is 3.48. The second kappa shape index (κ2) is 10.5. The number of amides is 1. The number of aromatic amines is 1. The third-order valence-corrected chi connectivity index (χ3v) is 7.18. The van der Waals surface area contributed by atoms with E-state index in [0.29, 0.717) is 43.9 Å². The first kappa shape index (κ1) is 25.2. The molecule has 1 saturated heterocycles. The van der Waals surface area contributed by atoms with E-state index >= 15 is 0 Å². The molecule has 3 aromatic rings. The molecule has 0 bridgehead atoms. The number of aryl methyl sites for hydroxylation is 1. The Morgan fingerprint density at radius 2 is 2.00 bits per heavy atom. The van der Waals surface area contributed by atoms with E-state index in [1.165, 1.54) is 6.07 Å². The summed E-state index contributed by atoms with van der Waals surface area (Å²) in [6.45, 7) is 1.93. The standard InChI is InChI=1S/C26H27F4N5O2/c27-10-19-14-35(8-7-16(19)1-4-22-5-3-21(13-31-22)26(28,29)30)15-20-12-33-34-24(20)17-2-6-23-18(9-17)11-32-25(36)37-23/h2-3,5-6,9,12-13,16,19H,1,4,7-8,10-11,14-15H2,(H,32,36)(H,33,34)/t16?,19-/m1/s1. The number of halogens is 4. The van der Waals surface area contributed by atoms with Crippen LogP contribution < -0.4 is 10.1 Å². The summed E-state index contributed by atoms with van der Waals surface area (Å²) in [6, 6.07) is 8.05. The molecule has 2 aliphatic heterocycles. The molecular formula is C26H27F4N5O2. The molecule has 4 heterocycles. The van der Waals surface area contributed by atoms with Gasteiger partial charge < -0.3 is 10.1 Å². The monoisotopic (exact) mass is 517 g/mol. The van der Waals surface area contributed by atoms with E-state index < -0.39 is 24.5 Å². The summed E-state index contributed by atoms with van der Waals surface area (Å²) in [5.74, 6) is 0.529. The summed E-state index contributed by atoms with van der Waals surface area (Å²) < 4.78 is 57.5. The van der Waals surface area contributed by atoms with Crippen LogP contribution in [0.5, 0.6) is 5.75 Å². The minimum Gasteiger partial charge on any atom is -0.410 e. The van der Waals surface area contributed by atoms with Crippen molar-refractivity contribution in [3.8, 4) is 17.0 Å². The van der Waals surface area contributed by atoms with E-state index in [-0.39, 0.29) is 11.8 Å². The molecule has 5 rings (SSSR count). The van der Waals surface area contributed by atoms with Gasteiger partial charge in [-0.3, -0.25) is 19.4 Å². The van der Waals surface area contributed by atoms with Gasteiger partial charge in [0.1, 0.15) is 5.75 Å². The topological polar surface area (TPSA) is 83.1 Å². The van der Waals surface area contributed by atoms with Crippen LogP contribution in [0.4, 0.5) is 22.4 Å². The Morgan fingerprint density at radius 1 is 1.14 bits per heavy atom. The quantitative estimate of drug-likeness (QED) is 0.425. The molecule has 11 heteroatoms. The van der Waals surface area contributed by atoms with Gasteiger partial charge in [0, 0.05) is 54.1 Å². The van der Waals surface area contributed by atoms with Gasteiger partial charge in [0.05, 0.1) is 24.1 Å². The first-order chi connectivity index (χ1) is 17.8. The maximum Gasteiger partial charge on any atom is 0.417 e. The molecule has 2 atom stereocenters.